The smallest absolute Gasteiger partial charge is 0.207 e. The van der Waals surface area contributed by atoms with Crippen molar-refractivity contribution in [2.45, 2.75) is 62.7 Å². The first-order valence-electron chi connectivity index (χ1n) is 8.67. The van der Waals surface area contributed by atoms with Crippen LogP contribution in [0.3, 0.4) is 0 Å². The SMILES string of the molecule is CC1CCCN(S(=O)(=O)c2ccc(C3CCCCC3)cc2)C1.Cl. The molecule has 0 spiro atoms. The van der Waals surface area contributed by atoms with Crippen LogP contribution < -0.4 is 0 Å². The van der Waals surface area contributed by atoms with Crippen molar-refractivity contribution in [3.05, 3.63) is 29.8 Å². The van der Waals surface area contributed by atoms with Crippen molar-refractivity contribution in [2.24, 2.45) is 5.92 Å². The van der Waals surface area contributed by atoms with Crippen molar-refractivity contribution < 1.29 is 8.42 Å². The summed E-state index contributed by atoms with van der Waals surface area (Å²) in [4.78, 5) is 0.459. The first-order valence-corrected chi connectivity index (χ1v) is 10.1. The Morgan fingerprint density at radius 3 is 2.22 bits per heavy atom. The molecule has 2 fully saturated rings. The van der Waals surface area contributed by atoms with Crippen LogP contribution in [0.4, 0.5) is 0 Å². The summed E-state index contributed by atoms with van der Waals surface area (Å²) in [6.45, 7) is 3.46. The second-order valence-electron chi connectivity index (χ2n) is 7.01. The topological polar surface area (TPSA) is 37.4 Å². The molecule has 0 radical (unpaired) electrons. The van der Waals surface area contributed by atoms with Crippen LogP contribution >= 0.6 is 12.4 Å². The largest absolute Gasteiger partial charge is 0.243 e. The van der Waals surface area contributed by atoms with Crippen LogP contribution in [0.5, 0.6) is 0 Å². The number of hydrogen-bond acceptors (Lipinski definition) is 2. The third-order valence-electron chi connectivity index (χ3n) is 5.21. The van der Waals surface area contributed by atoms with E-state index in [9.17, 15) is 8.42 Å². The fraction of sp³-hybridized carbons (Fsp3) is 0.667. The molecule has 1 heterocycles. The molecule has 1 unspecified atom stereocenters. The number of benzene rings is 1. The van der Waals surface area contributed by atoms with Gasteiger partial charge in [-0.2, -0.15) is 4.31 Å². The van der Waals surface area contributed by atoms with Crippen molar-refractivity contribution in [1.82, 2.24) is 4.31 Å². The lowest BCUT2D eigenvalue weighted by Crippen LogP contribution is -2.39. The minimum atomic E-state index is -3.31. The van der Waals surface area contributed by atoms with E-state index in [4.69, 9.17) is 0 Å². The van der Waals surface area contributed by atoms with Crippen LogP contribution in [0.2, 0.25) is 0 Å². The summed E-state index contributed by atoms with van der Waals surface area (Å²) in [5.74, 6) is 1.09. The maximum absolute atomic E-state index is 12.7. The number of halogens is 1. The molecule has 3 rings (SSSR count). The second kappa shape index (κ2) is 8.00. The number of piperidine rings is 1. The monoisotopic (exact) mass is 357 g/mol. The zero-order chi connectivity index (χ0) is 15.6. The van der Waals surface area contributed by atoms with Crippen LogP contribution in [0.15, 0.2) is 29.2 Å². The van der Waals surface area contributed by atoms with E-state index in [0.717, 1.165) is 12.8 Å². The molecule has 0 bridgehead atoms. The standard InChI is InChI=1S/C18H27NO2S.ClH/c1-15-6-5-13-19(14-15)22(20,21)18-11-9-17(10-12-18)16-7-3-2-4-8-16;/h9-12,15-16H,2-8,13-14H2,1H3;1H. The summed E-state index contributed by atoms with van der Waals surface area (Å²) in [5, 5.41) is 0. The van der Waals surface area contributed by atoms with Gasteiger partial charge >= 0.3 is 0 Å². The summed E-state index contributed by atoms with van der Waals surface area (Å²) in [7, 11) is -3.31. The summed E-state index contributed by atoms with van der Waals surface area (Å²) < 4.78 is 27.2. The maximum Gasteiger partial charge on any atom is 0.243 e. The molecule has 130 valence electrons. The van der Waals surface area contributed by atoms with E-state index in [1.807, 2.05) is 24.3 Å². The minimum absolute atomic E-state index is 0. The molecule has 1 atom stereocenters. The third kappa shape index (κ3) is 4.28. The first kappa shape index (κ1) is 18.8. The normalized spacial score (nSPS) is 24.1. The van der Waals surface area contributed by atoms with E-state index < -0.39 is 10.0 Å². The van der Waals surface area contributed by atoms with Crippen molar-refractivity contribution >= 4 is 22.4 Å². The molecule has 1 aromatic rings. The average Bonchev–Trinajstić information content (AvgIpc) is 2.56. The number of sulfonamides is 1. The van der Waals surface area contributed by atoms with Crippen molar-refractivity contribution in [3.8, 4) is 0 Å². The highest BCUT2D eigenvalue weighted by molar-refractivity contribution is 7.89. The second-order valence-corrected chi connectivity index (χ2v) is 8.95. The molecule has 0 N–H and O–H groups in total. The highest BCUT2D eigenvalue weighted by atomic mass is 35.5. The van der Waals surface area contributed by atoms with E-state index in [2.05, 4.69) is 6.92 Å². The Morgan fingerprint density at radius 2 is 1.61 bits per heavy atom. The Hall–Kier alpha value is -0.580. The highest BCUT2D eigenvalue weighted by Gasteiger charge is 2.28. The van der Waals surface area contributed by atoms with Gasteiger partial charge in [-0.3, -0.25) is 0 Å². The summed E-state index contributed by atoms with van der Waals surface area (Å²) in [6, 6.07) is 7.71. The lowest BCUT2D eigenvalue weighted by Gasteiger charge is -2.30. The van der Waals surface area contributed by atoms with Gasteiger partial charge in [-0.1, -0.05) is 38.3 Å². The van der Waals surface area contributed by atoms with E-state index in [1.165, 1.54) is 37.7 Å². The minimum Gasteiger partial charge on any atom is -0.207 e. The molecule has 1 aromatic carbocycles. The zero-order valence-corrected chi connectivity index (χ0v) is 15.5. The number of nitrogens with zero attached hydrogens (tertiary/aromatic N) is 1. The van der Waals surface area contributed by atoms with E-state index in [0.29, 0.717) is 29.8 Å². The molecule has 0 amide bonds. The summed E-state index contributed by atoms with van der Waals surface area (Å²) in [6.07, 6.45) is 8.54. The lowest BCUT2D eigenvalue weighted by atomic mass is 9.84. The fourth-order valence-electron chi connectivity index (χ4n) is 3.86. The Bertz CT molecular complexity index is 594. The Balaban J connectivity index is 0.00000192. The zero-order valence-electron chi connectivity index (χ0n) is 13.9. The van der Waals surface area contributed by atoms with Gasteiger partial charge in [0, 0.05) is 13.1 Å². The van der Waals surface area contributed by atoms with Crippen LogP contribution in [0, 0.1) is 5.92 Å². The van der Waals surface area contributed by atoms with Crippen LogP contribution in [-0.4, -0.2) is 25.8 Å². The molecule has 1 saturated carbocycles. The van der Waals surface area contributed by atoms with E-state index in [1.54, 1.807) is 4.31 Å². The van der Waals surface area contributed by atoms with Gasteiger partial charge in [0.2, 0.25) is 10.0 Å². The molecule has 1 aliphatic heterocycles. The predicted octanol–water partition coefficient (Wildman–Crippen LogP) is 4.58. The van der Waals surface area contributed by atoms with Crippen LogP contribution in [-0.2, 0) is 10.0 Å². The molecular formula is C18H28ClNO2S. The molecule has 5 heteroatoms. The molecule has 3 nitrogen and oxygen atoms in total. The van der Waals surface area contributed by atoms with Gasteiger partial charge in [0.05, 0.1) is 4.90 Å². The molecule has 1 saturated heterocycles. The van der Waals surface area contributed by atoms with Crippen molar-refractivity contribution in [3.63, 3.8) is 0 Å². The van der Waals surface area contributed by atoms with Gasteiger partial charge in [0.1, 0.15) is 0 Å². The molecule has 0 aromatic heterocycles. The van der Waals surface area contributed by atoms with Gasteiger partial charge in [0.15, 0.2) is 0 Å². The average molecular weight is 358 g/mol. The third-order valence-corrected chi connectivity index (χ3v) is 7.09. The van der Waals surface area contributed by atoms with Crippen molar-refractivity contribution in [2.75, 3.05) is 13.1 Å². The summed E-state index contributed by atoms with van der Waals surface area (Å²) in [5.41, 5.74) is 1.31. The molecule has 2 aliphatic rings. The first-order chi connectivity index (χ1) is 10.6. The quantitative estimate of drug-likeness (QED) is 0.794. The predicted molar refractivity (Wildman–Crippen MR) is 96.7 cm³/mol. The number of rotatable bonds is 3. The maximum atomic E-state index is 12.7. The molecule has 23 heavy (non-hydrogen) atoms. The van der Waals surface area contributed by atoms with Gasteiger partial charge in [-0.15, -0.1) is 12.4 Å². The van der Waals surface area contributed by atoms with Crippen molar-refractivity contribution in [1.29, 1.82) is 0 Å². The van der Waals surface area contributed by atoms with Gasteiger partial charge in [-0.25, -0.2) is 8.42 Å². The van der Waals surface area contributed by atoms with Gasteiger partial charge in [-0.05, 0) is 55.2 Å². The molecular weight excluding hydrogens is 330 g/mol. The van der Waals surface area contributed by atoms with Gasteiger partial charge in [0.25, 0.3) is 0 Å². The van der Waals surface area contributed by atoms with Crippen LogP contribution in [0.25, 0.3) is 0 Å². The summed E-state index contributed by atoms with van der Waals surface area (Å²) >= 11 is 0. The Kier molecular flexibility index (Phi) is 6.52. The lowest BCUT2D eigenvalue weighted by molar-refractivity contribution is 0.281. The van der Waals surface area contributed by atoms with Gasteiger partial charge < -0.3 is 0 Å². The Labute approximate surface area is 146 Å². The fourth-order valence-corrected chi connectivity index (χ4v) is 5.46. The van der Waals surface area contributed by atoms with E-state index >= 15 is 0 Å². The van der Waals surface area contributed by atoms with Crippen LogP contribution in [0.1, 0.15) is 63.4 Å². The van der Waals surface area contributed by atoms with E-state index in [-0.39, 0.29) is 12.4 Å². The Morgan fingerprint density at radius 1 is 0.957 bits per heavy atom. The molecule has 1 aliphatic carbocycles. The highest BCUT2D eigenvalue weighted by Crippen LogP contribution is 2.33. The number of hydrogen-bond donors (Lipinski definition) is 0.